The minimum atomic E-state index is -5.08. The molecule has 13 heteroatoms. The van der Waals surface area contributed by atoms with Gasteiger partial charge in [-0.15, -0.1) is 0 Å². The molecule has 1 saturated heterocycles. The van der Waals surface area contributed by atoms with Gasteiger partial charge in [0, 0.05) is 6.42 Å². The van der Waals surface area contributed by atoms with Crippen molar-refractivity contribution in [3.05, 3.63) is 24.3 Å². The van der Waals surface area contributed by atoms with E-state index < -0.39 is 59.9 Å². The molecule has 7 unspecified atom stereocenters. The van der Waals surface area contributed by atoms with Gasteiger partial charge in [0.25, 0.3) is 0 Å². The fraction of sp³-hybridized carbons (Fsp3) is 0.884. The molecule has 56 heavy (non-hydrogen) atoms. The van der Waals surface area contributed by atoms with Gasteiger partial charge in [-0.2, -0.15) is 8.42 Å². The van der Waals surface area contributed by atoms with E-state index in [0.29, 0.717) is 6.42 Å². The standard InChI is InChI=1S/C43H81NO11S/c1-3-5-7-9-11-13-15-16-17-18-19-20-21-23-25-27-29-31-33-39(47)44-36(37(46)32-30-28-26-24-22-14-12-10-8-6-4-2)35-53-43-41(49)42(55-56(50,51)52)40(48)38(34-45)54-43/h19-20,30,32,36-38,40-43,45-46,48-49H,3-18,21-29,31,33-35H2,1-2H3,(H,44,47)(H,50,51,52)/b20-19-,32-30+. The topological polar surface area (TPSA) is 192 Å². The number of carbonyl (C=O) groups excluding carboxylic acids is 1. The minimum absolute atomic E-state index is 0.260. The second-order valence-corrected chi connectivity index (χ2v) is 16.7. The number of hydrogen-bond acceptors (Lipinski definition) is 10. The second-order valence-electron chi connectivity index (χ2n) is 15.6. The van der Waals surface area contributed by atoms with Crippen molar-refractivity contribution in [1.29, 1.82) is 0 Å². The zero-order chi connectivity index (χ0) is 41.3. The third-order valence-electron chi connectivity index (χ3n) is 10.5. The molecule has 7 atom stereocenters. The van der Waals surface area contributed by atoms with Crippen LogP contribution in [-0.2, 0) is 28.9 Å². The molecule has 0 bridgehead atoms. The maximum atomic E-state index is 13.0. The summed E-state index contributed by atoms with van der Waals surface area (Å²) >= 11 is 0. The molecule has 1 rings (SSSR count). The first kappa shape index (κ1) is 52.6. The molecule has 0 aromatic carbocycles. The van der Waals surface area contributed by atoms with Crippen LogP contribution in [0.3, 0.4) is 0 Å². The highest BCUT2D eigenvalue weighted by molar-refractivity contribution is 7.80. The lowest BCUT2D eigenvalue weighted by Gasteiger charge is -2.41. The van der Waals surface area contributed by atoms with Gasteiger partial charge in [-0.1, -0.05) is 160 Å². The largest absolute Gasteiger partial charge is 0.397 e. The van der Waals surface area contributed by atoms with E-state index in [2.05, 4.69) is 35.5 Å². The summed E-state index contributed by atoms with van der Waals surface area (Å²) in [6.07, 6.45) is 29.4. The quantitative estimate of drug-likeness (QED) is 0.0201. The third-order valence-corrected chi connectivity index (χ3v) is 10.9. The Labute approximate surface area is 340 Å². The average Bonchev–Trinajstić information content (AvgIpc) is 3.16. The molecule has 12 nitrogen and oxygen atoms in total. The van der Waals surface area contributed by atoms with Gasteiger partial charge in [-0.25, -0.2) is 4.18 Å². The van der Waals surface area contributed by atoms with E-state index in [1.807, 2.05) is 6.08 Å². The van der Waals surface area contributed by atoms with Crippen LogP contribution >= 0.6 is 0 Å². The van der Waals surface area contributed by atoms with Crippen molar-refractivity contribution in [2.24, 2.45) is 0 Å². The van der Waals surface area contributed by atoms with Crippen molar-refractivity contribution in [3.8, 4) is 0 Å². The van der Waals surface area contributed by atoms with Gasteiger partial charge in [0.1, 0.15) is 24.4 Å². The van der Waals surface area contributed by atoms with E-state index in [0.717, 1.165) is 57.8 Å². The summed E-state index contributed by atoms with van der Waals surface area (Å²) in [5.41, 5.74) is 0. The number of aliphatic hydroxyl groups excluding tert-OH is 4. The van der Waals surface area contributed by atoms with E-state index in [1.165, 1.54) is 103 Å². The SMILES string of the molecule is CCCCCCCCCCC/C=C\CCCCCCCC(=O)NC(COC1OC(CO)C(O)C(OS(=O)(=O)O)C1O)C(O)/C=C/CCCCCCCCCCC. The summed E-state index contributed by atoms with van der Waals surface area (Å²) in [5.74, 6) is -0.272. The molecule has 0 aliphatic carbocycles. The van der Waals surface area contributed by atoms with Crippen LogP contribution in [0.5, 0.6) is 0 Å². The number of hydrogen-bond donors (Lipinski definition) is 6. The third kappa shape index (κ3) is 27.3. The minimum Gasteiger partial charge on any atom is -0.394 e. The lowest BCUT2D eigenvalue weighted by atomic mass is 9.99. The van der Waals surface area contributed by atoms with Crippen molar-refractivity contribution in [2.45, 2.75) is 230 Å². The summed E-state index contributed by atoms with van der Waals surface area (Å²) in [7, 11) is -5.08. The van der Waals surface area contributed by atoms with Crippen molar-refractivity contribution >= 4 is 16.3 Å². The van der Waals surface area contributed by atoms with Crippen LogP contribution in [0.4, 0.5) is 0 Å². The highest BCUT2D eigenvalue weighted by Crippen LogP contribution is 2.26. The summed E-state index contributed by atoms with van der Waals surface area (Å²) in [6, 6.07) is -0.944. The number of aliphatic hydroxyl groups is 4. The van der Waals surface area contributed by atoms with E-state index in [1.54, 1.807) is 6.08 Å². The van der Waals surface area contributed by atoms with Crippen LogP contribution in [0.15, 0.2) is 24.3 Å². The first-order chi connectivity index (χ1) is 27.0. The Balaban J connectivity index is 2.52. The van der Waals surface area contributed by atoms with Crippen LogP contribution in [0.2, 0.25) is 0 Å². The smallest absolute Gasteiger partial charge is 0.394 e. The van der Waals surface area contributed by atoms with Gasteiger partial charge in [-0.05, 0) is 44.9 Å². The van der Waals surface area contributed by atoms with Crippen LogP contribution in [0.25, 0.3) is 0 Å². The van der Waals surface area contributed by atoms with Gasteiger partial charge >= 0.3 is 10.4 Å². The Morgan fingerprint density at radius 3 is 1.61 bits per heavy atom. The number of unbranched alkanes of at least 4 members (excludes halogenated alkanes) is 23. The predicted octanol–water partition coefficient (Wildman–Crippen LogP) is 8.16. The Kier molecular flexibility index (Phi) is 32.4. The Bertz CT molecular complexity index is 1110. The summed E-state index contributed by atoms with van der Waals surface area (Å²) in [6.45, 7) is 3.35. The number of ether oxygens (including phenoxy) is 2. The summed E-state index contributed by atoms with van der Waals surface area (Å²) < 4.78 is 47.5. The van der Waals surface area contributed by atoms with E-state index in [4.69, 9.17) is 14.0 Å². The summed E-state index contributed by atoms with van der Waals surface area (Å²) in [4.78, 5) is 13.0. The molecule has 0 spiro atoms. The van der Waals surface area contributed by atoms with Gasteiger partial charge in [0.05, 0.1) is 25.4 Å². The highest BCUT2D eigenvalue weighted by Gasteiger charge is 2.48. The lowest BCUT2D eigenvalue weighted by molar-refractivity contribution is -0.298. The molecule has 6 N–H and O–H groups in total. The van der Waals surface area contributed by atoms with Gasteiger partial charge in [-0.3, -0.25) is 9.35 Å². The molecular formula is C43H81NO11S. The van der Waals surface area contributed by atoms with Crippen LogP contribution in [0.1, 0.15) is 187 Å². The van der Waals surface area contributed by atoms with Crippen molar-refractivity contribution in [1.82, 2.24) is 5.32 Å². The molecule has 0 saturated carbocycles. The molecule has 0 aromatic rings. The van der Waals surface area contributed by atoms with E-state index in [-0.39, 0.29) is 18.9 Å². The average molecular weight is 820 g/mol. The normalized spacial score (nSPS) is 21.6. The van der Waals surface area contributed by atoms with Crippen LogP contribution in [0, 0.1) is 0 Å². The second kappa shape index (κ2) is 34.4. The first-order valence-electron chi connectivity index (χ1n) is 22.2. The Morgan fingerprint density at radius 1 is 0.696 bits per heavy atom. The summed E-state index contributed by atoms with van der Waals surface area (Å²) in [5, 5.41) is 44.6. The van der Waals surface area contributed by atoms with Crippen molar-refractivity contribution in [3.63, 3.8) is 0 Å². The molecular weight excluding hydrogens is 739 g/mol. The van der Waals surface area contributed by atoms with Crippen molar-refractivity contribution in [2.75, 3.05) is 13.2 Å². The number of rotatable bonds is 37. The molecule has 0 radical (unpaired) electrons. The number of amides is 1. The maximum Gasteiger partial charge on any atom is 0.397 e. The molecule has 1 aliphatic rings. The van der Waals surface area contributed by atoms with Gasteiger partial charge in [0.15, 0.2) is 6.29 Å². The Morgan fingerprint density at radius 2 is 1.14 bits per heavy atom. The van der Waals surface area contributed by atoms with Gasteiger partial charge < -0.3 is 35.2 Å². The molecule has 1 heterocycles. The lowest BCUT2D eigenvalue weighted by Crippen LogP contribution is -2.61. The zero-order valence-electron chi connectivity index (χ0n) is 35.0. The van der Waals surface area contributed by atoms with Crippen LogP contribution in [-0.4, -0.2) is 95.4 Å². The molecule has 1 amide bonds. The van der Waals surface area contributed by atoms with E-state index >= 15 is 0 Å². The fourth-order valence-electron chi connectivity index (χ4n) is 6.98. The number of allylic oxidation sites excluding steroid dienone is 3. The number of carbonyl (C=O) groups is 1. The number of nitrogens with one attached hydrogen (secondary N) is 1. The monoisotopic (exact) mass is 820 g/mol. The fourth-order valence-corrected chi connectivity index (χ4v) is 7.49. The predicted molar refractivity (Wildman–Crippen MR) is 222 cm³/mol. The van der Waals surface area contributed by atoms with Gasteiger partial charge in [0.2, 0.25) is 5.91 Å². The van der Waals surface area contributed by atoms with Crippen LogP contribution < -0.4 is 5.32 Å². The molecule has 1 aliphatic heterocycles. The molecule has 0 aromatic heterocycles. The first-order valence-corrected chi connectivity index (χ1v) is 23.6. The molecule has 330 valence electrons. The molecule has 1 fully saturated rings. The maximum absolute atomic E-state index is 13.0. The highest BCUT2D eigenvalue weighted by atomic mass is 32.3. The Hall–Kier alpha value is -1.42. The van der Waals surface area contributed by atoms with E-state index in [9.17, 15) is 33.6 Å². The van der Waals surface area contributed by atoms with Crippen molar-refractivity contribution < 1.29 is 51.8 Å². The zero-order valence-corrected chi connectivity index (χ0v) is 35.8.